The molecule has 2 heterocycles. The molecule has 3 rings (SSSR count). The molecule has 1 fully saturated rings. The summed E-state index contributed by atoms with van der Waals surface area (Å²) in [6.45, 7) is 4.41. The lowest BCUT2D eigenvalue weighted by Gasteiger charge is -2.22. The van der Waals surface area contributed by atoms with Gasteiger partial charge in [-0.2, -0.15) is 0 Å². The fraction of sp³-hybridized carbons (Fsp3) is 0.467. The van der Waals surface area contributed by atoms with Crippen molar-refractivity contribution in [2.45, 2.75) is 26.2 Å². The highest BCUT2D eigenvalue weighted by Crippen LogP contribution is 2.29. The molecule has 18 heavy (non-hydrogen) atoms. The maximum absolute atomic E-state index is 6.16. The number of H-pyrrole nitrogens is 1. The summed E-state index contributed by atoms with van der Waals surface area (Å²) in [7, 11) is 0. The summed E-state index contributed by atoms with van der Waals surface area (Å²) in [5.41, 5.74) is 3.78. The van der Waals surface area contributed by atoms with E-state index in [0.717, 1.165) is 29.5 Å². The van der Waals surface area contributed by atoms with Gasteiger partial charge in [0.25, 0.3) is 0 Å². The van der Waals surface area contributed by atoms with Crippen LogP contribution in [0.1, 0.15) is 24.0 Å². The first kappa shape index (κ1) is 12.1. The molecule has 96 valence electrons. The molecule has 0 bridgehead atoms. The first-order chi connectivity index (χ1) is 8.75. The zero-order valence-electron chi connectivity index (χ0n) is 10.7. The average molecular weight is 263 g/mol. The Morgan fingerprint density at radius 3 is 3.06 bits per heavy atom. The molecule has 3 heteroatoms. The largest absolute Gasteiger partial charge is 0.361 e. The number of aromatic amines is 1. The summed E-state index contributed by atoms with van der Waals surface area (Å²) in [6, 6.07) is 4.16. The molecular weight excluding hydrogens is 244 g/mol. The van der Waals surface area contributed by atoms with E-state index in [1.165, 1.54) is 35.9 Å². The maximum Gasteiger partial charge on any atom is 0.0501 e. The molecule has 0 saturated carbocycles. The van der Waals surface area contributed by atoms with Gasteiger partial charge in [0, 0.05) is 16.6 Å². The number of nitrogens with one attached hydrogen (secondary N) is 2. The predicted octanol–water partition coefficient (Wildman–Crippen LogP) is 3.67. The van der Waals surface area contributed by atoms with Crippen LogP contribution in [0.3, 0.4) is 0 Å². The Balaban J connectivity index is 1.90. The van der Waals surface area contributed by atoms with Gasteiger partial charge in [-0.05, 0) is 62.4 Å². The minimum absolute atomic E-state index is 0.772. The molecule has 1 atom stereocenters. The molecule has 2 nitrogen and oxygen atoms in total. The van der Waals surface area contributed by atoms with Crippen LogP contribution in [0, 0.1) is 12.8 Å². The third-order valence-electron chi connectivity index (χ3n) is 4.04. The Kier molecular flexibility index (Phi) is 3.31. The monoisotopic (exact) mass is 262 g/mol. The summed E-state index contributed by atoms with van der Waals surface area (Å²) >= 11 is 6.16. The number of fused-ring (bicyclic) bond motifs is 1. The van der Waals surface area contributed by atoms with E-state index >= 15 is 0 Å². The van der Waals surface area contributed by atoms with E-state index in [-0.39, 0.29) is 0 Å². The summed E-state index contributed by atoms with van der Waals surface area (Å²) in [4.78, 5) is 3.38. The smallest absolute Gasteiger partial charge is 0.0501 e. The van der Waals surface area contributed by atoms with Crippen molar-refractivity contribution in [1.82, 2.24) is 10.3 Å². The van der Waals surface area contributed by atoms with Gasteiger partial charge < -0.3 is 10.3 Å². The van der Waals surface area contributed by atoms with Crippen LogP contribution in [0.2, 0.25) is 5.02 Å². The van der Waals surface area contributed by atoms with E-state index in [1.54, 1.807) is 0 Å². The molecule has 1 saturated heterocycles. The quantitative estimate of drug-likeness (QED) is 0.849. The lowest BCUT2D eigenvalue weighted by atomic mass is 9.92. The van der Waals surface area contributed by atoms with Gasteiger partial charge in [0.1, 0.15) is 0 Å². The van der Waals surface area contributed by atoms with E-state index in [9.17, 15) is 0 Å². The third kappa shape index (κ3) is 2.15. The molecule has 2 aromatic rings. The van der Waals surface area contributed by atoms with E-state index in [1.807, 2.05) is 6.07 Å². The number of piperidine rings is 1. The van der Waals surface area contributed by atoms with Crippen LogP contribution in [0.15, 0.2) is 18.3 Å². The van der Waals surface area contributed by atoms with Gasteiger partial charge in [-0.3, -0.25) is 0 Å². The number of rotatable bonds is 2. The van der Waals surface area contributed by atoms with Crippen molar-refractivity contribution in [2.75, 3.05) is 13.1 Å². The molecule has 1 aliphatic rings. The van der Waals surface area contributed by atoms with Gasteiger partial charge in [0.2, 0.25) is 0 Å². The van der Waals surface area contributed by atoms with E-state index in [0.29, 0.717) is 0 Å². The molecule has 1 aromatic carbocycles. The van der Waals surface area contributed by atoms with Crippen LogP contribution in [-0.2, 0) is 6.42 Å². The molecule has 1 unspecified atom stereocenters. The minimum Gasteiger partial charge on any atom is -0.361 e. The maximum atomic E-state index is 6.16. The Labute approximate surface area is 113 Å². The molecular formula is C15H19ClN2. The Morgan fingerprint density at radius 1 is 1.39 bits per heavy atom. The first-order valence-electron chi connectivity index (χ1n) is 6.71. The topological polar surface area (TPSA) is 27.8 Å². The average Bonchev–Trinajstić information content (AvgIpc) is 2.79. The van der Waals surface area contributed by atoms with E-state index < -0.39 is 0 Å². The molecule has 0 radical (unpaired) electrons. The standard InChI is InChI=1S/C15H19ClN2/c1-10-14(16)5-4-13-12(9-18-15(10)13)7-11-3-2-6-17-8-11/h4-5,9,11,17-18H,2-3,6-8H2,1H3. The Bertz CT molecular complexity index is 553. The van der Waals surface area contributed by atoms with Crippen LogP contribution in [-0.4, -0.2) is 18.1 Å². The predicted molar refractivity (Wildman–Crippen MR) is 77.3 cm³/mol. The van der Waals surface area contributed by atoms with Crippen molar-refractivity contribution in [1.29, 1.82) is 0 Å². The summed E-state index contributed by atoms with van der Waals surface area (Å²) in [6.07, 6.45) is 5.96. The van der Waals surface area contributed by atoms with E-state index in [4.69, 9.17) is 11.6 Å². The molecule has 0 spiro atoms. The molecule has 1 aliphatic heterocycles. The van der Waals surface area contributed by atoms with Crippen LogP contribution in [0.5, 0.6) is 0 Å². The van der Waals surface area contributed by atoms with Gasteiger partial charge >= 0.3 is 0 Å². The second-order valence-corrected chi connectivity index (χ2v) is 5.73. The van der Waals surface area contributed by atoms with Gasteiger partial charge in [-0.25, -0.2) is 0 Å². The zero-order chi connectivity index (χ0) is 12.5. The van der Waals surface area contributed by atoms with Crippen molar-refractivity contribution >= 4 is 22.5 Å². The summed E-state index contributed by atoms with van der Waals surface area (Å²) in [5.74, 6) is 0.772. The van der Waals surface area contributed by atoms with Crippen LogP contribution < -0.4 is 5.32 Å². The molecule has 0 aliphatic carbocycles. The Morgan fingerprint density at radius 2 is 2.28 bits per heavy atom. The van der Waals surface area contributed by atoms with Gasteiger partial charge in [-0.1, -0.05) is 17.7 Å². The van der Waals surface area contributed by atoms with Crippen LogP contribution in [0.4, 0.5) is 0 Å². The lowest BCUT2D eigenvalue weighted by molar-refractivity contribution is 0.377. The van der Waals surface area contributed by atoms with Crippen molar-refractivity contribution in [3.05, 3.63) is 34.5 Å². The second-order valence-electron chi connectivity index (χ2n) is 5.33. The number of halogens is 1. The van der Waals surface area contributed by atoms with Gasteiger partial charge in [-0.15, -0.1) is 0 Å². The second kappa shape index (κ2) is 4.94. The lowest BCUT2D eigenvalue weighted by Crippen LogP contribution is -2.30. The molecule has 2 N–H and O–H groups in total. The fourth-order valence-corrected chi connectivity index (χ4v) is 3.11. The van der Waals surface area contributed by atoms with Crippen molar-refractivity contribution < 1.29 is 0 Å². The zero-order valence-corrected chi connectivity index (χ0v) is 11.5. The normalized spacial score (nSPS) is 20.4. The fourth-order valence-electron chi connectivity index (χ4n) is 2.95. The van der Waals surface area contributed by atoms with Gasteiger partial charge in [0.15, 0.2) is 0 Å². The van der Waals surface area contributed by atoms with Crippen LogP contribution in [0.25, 0.3) is 10.9 Å². The molecule has 0 amide bonds. The first-order valence-corrected chi connectivity index (χ1v) is 7.09. The minimum atomic E-state index is 0.772. The van der Waals surface area contributed by atoms with Crippen LogP contribution >= 0.6 is 11.6 Å². The SMILES string of the molecule is Cc1c(Cl)ccc2c(CC3CCCNC3)c[nH]c12. The Hall–Kier alpha value is -0.990. The van der Waals surface area contributed by atoms with Crippen molar-refractivity contribution in [3.8, 4) is 0 Å². The number of hydrogen-bond acceptors (Lipinski definition) is 1. The number of benzene rings is 1. The number of aromatic nitrogens is 1. The highest BCUT2D eigenvalue weighted by molar-refractivity contribution is 6.32. The van der Waals surface area contributed by atoms with Crippen molar-refractivity contribution in [3.63, 3.8) is 0 Å². The highest BCUT2D eigenvalue weighted by Gasteiger charge is 2.16. The summed E-state index contributed by atoms with van der Waals surface area (Å²) < 4.78 is 0. The third-order valence-corrected chi connectivity index (χ3v) is 4.45. The summed E-state index contributed by atoms with van der Waals surface area (Å²) in [5, 5.41) is 5.66. The number of aryl methyl sites for hydroxylation is 1. The van der Waals surface area contributed by atoms with Crippen molar-refractivity contribution in [2.24, 2.45) is 5.92 Å². The molecule has 1 aromatic heterocycles. The van der Waals surface area contributed by atoms with Gasteiger partial charge in [0.05, 0.1) is 5.52 Å². The van der Waals surface area contributed by atoms with E-state index in [2.05, 4.69) is 29.5 Å². The number of hydrogen-bond donors (Lipinski definition) is 2. The highest BCUT2D eigenvalue weighted by atomic mass is 35.5.